The quantitative estimate of drug-likeness (QED) is 0.425. The molecule has 1 heterocycles. The standard InChI is InChI=1S/C15H26ClN5O/c1-2-3-4-7-10-17-14-19-13(16)20-15(21-14)18-11-8-5-6-9-12-22/h12H,2-11H2,1H3,(H2,17,18,19,20,21). The Morgan fingerprint density at radius 2 is 1.50 bits per heavy atom. The van der Waals surface area contributed by atoms with Gasteiger partial charge in [-0.2, -0.15) is 15.0 Å². The topological polar surface area (TPSA) is 79.8 Å². The van der Waals surface area contributed by atoms with E-state index in [9.17, 15) is 4.79 Å². The molecule has 0 bridgehead atoms. The van der Waals surface area contributed by atoms with Crippen molar-refractivity contribution < 1.29 is 4.79 Å². The Balaban J connectivity index is 2.30. The molecule has 0 radical (unpaired) electrons. The largest absolute Gasteiger partial charge is 0.354 e. The Kier molecular flexibility index (Phi) is 10.3. The van der Waals surface area contributed by atoms with Crippen LogP contribution in [-0.2, 0) is 4.79 Å². The van der Waals surface area contributed by atoms with Crippen LogP contribution in [0.25, 0.3) is 0 Å². The SMILES string of the molecule is CCCCCCNc1nc(Cl)nc(NCCCCCC=O)n1. The molecule has 22 heavy (non-hydrogen) atoms. The maximum atomic E-state index is 10.2. The average molecular weight is 328 g/mol. The van der Waals surface area contributed by atoms with E-state index >= 15 is 0 Å². The lowest BCUT2D eigenvalue weighted by molar-refractivity contribution is -0.107. The van der Waals surface area contributed by atoms with Crippen molar-refractivity contribution in [1.82, 2.24) is 15.0 Å². The normalized spacial score (nSPS) is 10.5. The molecule has 0 aliphatic heterocycles. The lowest BCUT2D eigenvalue weighted by Crippen LogP contribution is -2.11. The number of aromatic nitrogens is 3. The number of carbonyl (C=O) groups is 1. The van der Waals surface area contributed by atoms with E-state index in [1.54, 1.807) is 0 Å². The van der Waals surface area contributed by atoms with Gasteiger partial charge in [0.25, 0.3) is 0 Å². The Morgan fingerprint density at radius 3 is 2.05 bits per heavy atom. The van der Waals surface area contributed by atoms with Crippen LogP contribution in [0.1, 0.15) is 58.3 Å². The maximum Gasteiger partial charge on any atom is 0.228 e. The van der Waals surface area contributed by atoms with Gasteiger partial charge >= 0.3 is 0 Å². The number of hydrogen-bond donors (Lipinski definition) is 2. The van der Waals surface area contributed by atoms with Crippen LogP contribution in [0.4, 0.5) is 11.9 Å². The molecule has 1 rings (SSSR count). The van der Waals surface area contributed by atoms with Gasteiger partial charge in [0, 0.05) is 19.5 Å². The minimum Gasteiger partial charge on any atom is -0.354 e. The van der Waals surface area contributed by atoms with E-state index < -0.39 is 0 Å². The van der Waals surface area contributed by atoms with Gasteiger partial charge in [-0.25, -0.2) is 0 Å². The molecular formula is C15H26ClN5O. The molecule has 0 unspecified atom stereocenters. The van der Waals surface area contributed by atoms with E-state index in [0.29, 0.717) is 18.3 Å². The Hall–Kier alpha value is -1.43. The van der Waals surface area contributed by atoms with Crippen LogP contribution in [0.5, 0.6) is 0 Å². The van der Waals surface area contributed by atoms with Gasteiger partial charge in [0.05, 0.1) is 0 Å². The van der Waals surface area contributed by atoms with Gasteiger partial charge in [-0.3, -0.25) is 0 Å². The number of anilines is 2. The summed E-state index contributed by atoms with van der Waals surface area (Å²) in [7, 11) is 0. The molecular weight excluding hydrogens is 302 g/mol. The second-order valence-electron chi connectivity index (χ2n) is 5.18. The zero-order valence-electron chi connectivity index (χ0n) is 13.3. The first kappa shape index (κ1) is 18.6. The predicted molar refractivity (Wildman–Crippen MR) is 90.5 cm³/mol. The summed E-state index contributed by atoms with van der Waals surface area (Å²) in [6, 6.07) is 0. The highest BCUT2D eigenvalue weighted by Gasteiger charge is 2.04. The van der Waals surface area contributed by atoms with Gasteiger partial charge < -0.3 is 15.4 Å². The molecule has 124 valence electrons. The Labute approximate surface area is 137 Å². The van der Waals surface area contributed by atoms with Gasteiger partial charge in [0.2, 0.25) is 17.2 Å². The number of unbranched alkanes of at least 4 members (excludes halogenated alkanes) is 6. The molecule has 0 saturated carbocycles. The molecule has 0 spiro atoms. The first-order valence-electron chi connectivity index (χ1n) is 8.09. The minimum absolute atomic E-state index is 0.189. The second-order valence-corrected chi connectivity index (χ2v) is 5.52. The lowest BCUT2D eigenvalue weighted by Gasteiger charge is -2.08. The van der Waals surface area contributed by atoms with E-state index in [2.05, 4.69) is 32.5 Å². The van der Waals surface area contributed by atoms with Gasteiger partial charge in [0.15, 0.2) is 0 Å². The highest BCUT2D eigenvalue weighted by molar-refractivity contribution is 6.28. The van der Waals surface area contributed by atoms with Gasteiger partial charge in [-0.15, -0.1) is 0 Å². The van der Waals surface area contributed by atoms with Gasteiger partial charge in [-0.1, -0.05) is 32.6 Å². The van der Waals surface area contributed by atoms with Crippen molar-refractivity contribution in [2.24, 2.45) is 0 Å². The lowest BCUT2D eigenvalue weighted by atomic mass is 10.2. The molecule has 0 aliphatic rings. The van der Waals surface area contributed by atoms with Crippen molar-refractivity contribution in [1.29, 1.82) is 0 Å². The molecule has 7 heteroatoms. The third-order valence-corrected chi connectivity index (χ3v) is 3.37. The van der Waals surface area contributed by atoms with Crippen LogP contribution in [0, 0.1) is 0 Å². The van der Waals surface area contributed by atoms with Crippen molar-refractivity contribution in [3.63, 3.8) is 0 Å². The van der Waals surface area contributed by atoms with Crippen molar-refractivity contribution >= 4 is 29.8 Å². The molecule has 0 fully saturated rings. The first-order valence-corrected chi connectivity index (χ1v) is 8.47. The summed E-state index contributed by atoms with van der Waals surface area (Å²) in [5, 5.41) is 6.51. The third kappa shape index (κ3) is 8.77. The summed E-state index contributed by atoms with van der Waals surface area (Å²) in [6.07, 6.45) is 9.25. The molecule has 1 aromatic rings. The van der Waals surface area contributed by atoms with Crippen molar-refractivity contribution in [2.45, 2.75) is 58.3 Å². The summed E-state index contributed by atoms with van der Waals surface area (Å²) < 4.78 is 0. The monoisotopic (exact) mass is 327 g/mol. The van der Waals surface area contributed by atoms with Crippen LogP contribution in [0.3, 0.4) is 0 Å². The Morgan fingerprint density at radius 1 is 0.909 bits per heavy atom. The molecule has 0 aliphatic carbocycles. The van der Waals surface area contributed by atoms with Crippen LogP contribution in [0.15, 0.2) is 0 Å². The summed E-state index contributed by atoms with van der Waals surface area (Å²) in [4.78, 5) is 22.6. The highest BCUT2D eigenvalue weighted by Crippen LogP contribution is 2.10. The number of hydrogen-bond acceptors (Lipinski definition) is 6. The summed E-state index contributed by atoms with van der Waals surface area (Å²) >= 11 is 5.91. The molecule has 0 atom stereocenters. The molecule has 0 aromatic carbocycles. The maximum absolute atomic E-state index is 10.2. The van der Waals surface area contributed by atoms with Crippen molar-refractivity contribution in [3.05, 3.63) is 5.28 Å². The van der Waals surface area contributed by atoms with Gasteiger partial charge in [0.1, 0.15) is 6.29 Å². The summed E-state index contributed by atoms with van der Waals surface area (Å²) in [6.45, 7) is 3.79. The summed E-state index contributed by atoms with van der Waals surface area (Å²) in [5.41, 5.74) is 0. The van der Waals surface area contributed by atoms with Crippen LogP contribution < -0.4 is 10.6 Å². The number of carbonyl (C=O) groups excluding carboxylic acids is 1. The number of nitrogens with zero attached hydrogens (tertiary/aromatic N) is 3. The van der Waals surface area contributed by atoms with E-state index in [-0.39, 0.29) is 5.28 Å². The predicted octanol–water partition coefficient (Wildman–Crippen LogP) is 3.69. The highest BCUT2D eigenvalue weighted by atomic mass is 35.5. The molecule has 0 amide bonds. The fourth-order valence-corrected chi connectivity index (χ4v) is 2.15. The average Bonchev–Trinajstić information content (AvgIpc) is 2.50. The number of nitrogens with one attached hydrogen (secondary N) is 2. The molecule has 6 nitrogen and oxygen atoms in total. The van der Waals surface area contributed by atoms with Crippen LogP contribution in [-0.4, -0.2) is 34.3 Å². The number of halogens is 1. The third-order valence-electron chi connectivity index (χ3n) is 3.20. The number of rotatable bonds is 13. The second kappa shape index (κ2) is 12.1. The fraction of sp³-hybridized carbons (Fsp3) is 0.733. The summed E-state index contributed by atoms with van der Waals surface area (Å²) in [5.74, 6) is 1.01. The van der Waals surface area contributed by atoms with E-state index in [0.717, 1.165) is 45.1 Å². The molecule has 0 saturated heterocycles. The fourth-order valence-electron chi connectivity index (χ4n) is 1.99. The van der Waals surface area contributed by atoms with Crippen LogP contribution >= 0.6 is 11.6 Å². The van der Waals surface area contributed by atoms with E-state index in [4.69, 9.17) is 11.6 Å². The Bertz CT molecular complexity index is 430. The minimum atomic E-state index is 0.189. The van der Waals surface area contributed by atoms with Crippen molar-refractivity contribution in [3.8, 4) is 0 Å². The van der Waals surface area contributed by atoms with E-state index in [1.165, 1.54) is 19.3 Å². The zero-order chi connectivity index (χ0) is 16.0. The van der Waals surface area contributed by atoms with E-state index in [1.807, 2.05) is 0 Å². The van der Waals surface area contributed by atoms with Crippen molar-refractivity contribution in [2.75, 3.05) is 23.7 Å². The molecule has 2 N–H and O–H groups in total. The molecule has 1 aromatic heterocycles. The van der Waals surface area contributed by atoms with Gasteiger partial charge in [-0.05, 0) is 30.9 Å². The number of aldehydes is 1. The zero-order valence-corrected chi connectivity index (χ0v) is 14.0. The smallest absolute Gasteiger partial charge is 0.228 e. The first-order chi connectivity index (χ1) is 10.8. The van der Waals surface area contributed by atoms with Crippen LogP contribution in [0.2, 0.25) is 5.28 Å².